The molecule has 0 unspecified atom stereocenters. The fraction of sp³-hybridized carbons (Fsp3) is 0.455. The summed E-state index contributed by atoms with van der Waals surface area (Å²) in [6, 6.07) is 22.0. The van der Waals surface area contributed by atoms with Gasteiger partial charge in [-0.05, 0) is 118 Å². The standard InChI is InChI=1S/C24H33BO7.C15H15BO5.C4H8O.CH4/c1-8-28-16-29-15-17-13-18(30-19-10-12-21(26-6)22(14-19)27-7)9-11-20(17)25-31-23(2,3)24(4,5)32-25;1-18-14-6-4-12(8-15(14)19-2)21-11-3-5-13-10(7-11)9-20-16(13)17;1-2-4-5-3-1;/h9-14H,8,15-16H2,1-7H3;3-8,17H,9H2,1-2H3;1-4H2;1H4. The minimum absolute atomic E-state index is 0. The maximum atomic E-state index is 9.59. The molecule has 0 spiro atoms. The van der Waals surface area contributed by atoms with Crippen LogP contribution in [-0.4, -0.2) is 85.5 Å². The van der Waals surface area contributed by atoms with Crippen LogP contribution >= 0.6 is 0 Å². The van der Waals surface area contributed by atoms with Crippen LogP contribution in [0.1, 0.15) is 66.0 Å². The van der Waals surface area contributed by atoms with Crippen LogP contribution in [0.5, 0.6) is 46.0 Å². The van der Waals surface area contributed by atoms with E-state index in [-0.39, 0.29) is 14.2 Å². The van der Waals surface area contributed by atoms with Gasteiger partial charge in [0.1, 0.15) is 29.8 Å². The average Bonchev–Trinajstić information content (AvgIpc) is 3.97. The van der Waals surface area contributed by atoms with E-state index in [9.17, 15) is 5.02 Å². The third-order valence-electron chi connectivity index (χ3n) is 10.0. The highest BCUT2D eigenvalue weighted by Gasteiger charge is 2.52. The number of benzene rings is 4. The van der Waals surface area contributed by atoms with Gasteiger partial charge >= 0.3 is 14.2 Å². The predicted molar refractivity (Wildman–Crippen MR) is 228 cm³/mol. The lowest BCUT2D eigenvalue weighted by atomic mass is 9.76. The molecule has 4 aromatic carbocycles. The van der Waals surface area contributed by atoms with Crippen molar-refractivity contribution in [1.82, 2.24) is 0 Å². The second-order valence-electron chi connectivity index (χ2n) is 14.5. The molecule has 0 saturated carbocycles. The lowest BCUT2D eigenvalue weighted by molar-refractivity contribution is -0.0570. The Morgan fingerprint density at radius 3 is 1.61 bits per heavy atom. The van der Waals surface area contributed by atoms with Gasteiger partial charge in [0.05, 0.1) is 52.9 Å². The molecule has 2 fully saturated rings. The fourth-order valence-electron chi connectivity index (χ4n) is 6.08. The molecule has 0 aliphatic carbocycles. The Morgan fingerprint density at radius 1 is 0.627 bits per heavy atom. The molecule has 7 rings (SSSR count). The molecule has 13 nitrogen and oxygen atoms in total. The van der Waals surface area contributed by atoms with Crippen molar-refractivity contribution >= 4 is 25.2 Å². The number of fused-ring (bicyclic) bond motifs is 1. The van der Waals surface area contributed by atoms with E-state index in [1.807, 2.05) is 71.0 Å². The zero-order valence-corrected chi connectivity index (χ0v) is 35.1. The highest BCUT2D eigenvalue weighted by molar-refractivity contribution is 6.62. The second kappa shape index (κ2) is 22.2. The van der Waals surface area contributed by atoms with Crippen molar-refractivity contribution in [1.29, 1.82) is 0 Å². The van der Waals surface area contributed by atoms with Crippen molar-refractivity contribution < 1.29 is 61.6 Å². The highest BCUT2D eigenvalue weighted by atomic mass is 16.7. The van der Waals surface area contributed by atoms with Crippen LogP contribution < -0.4 is 39.3 Å². The Bertz CT molecular complexity index is 1890. The summed E-state index contributed by atoms with van der Waals surface area (Å²) < 4.78 is 66.6. The van der Waals surface area contributed by atoms with Gasteiger partial charge in [-0.2, -0.15) is 0 Å². The monoisotopic (exact) mass is 818 g/mol. The largest absolute Gasteiger partial charge is 0.495 e. The van der Waals surface area contributed by atoms with Gasteiger partial charge in [0.25, 0.3) is 0 Å². The van der Waals surface area contributed by atoms with Crippen LogP contribution in [0.3, 0.4) is 0 Å². The third-order valence-corrected chi connectivity index (χ3v) is 10.0. The van der Waals surface area contributed by atoms with Crippen LogP contribution in [-0.2, 0) is 41.4 Å². The third kappa shape index (κ3) is 12.5. The summed E-state index contributed by atoms with van der Waals surface area (Å²) in [5.74, 6) is 5.11. The van der Waals surface area contributed by atoms with Crippen molar-refractivity contribution in [2.75, 3.05) is 55.1 Å². The van der Waals surface area contributed by atoms with E-state index in [1.54, 1.807) is 64.8 Å². The molecule has 3 heterocycles. The first-order valence-corrected chi connectivity index (χ1v) is 19.4. The van der Waals surface area contributed by atoms with Gasteiger partial charge in [-0.25, -0.2) is 0 Å². The maximum absolute atomic E-state index is 9.59. The first-order chi connectivity index (χ1) is 27.9. The molecule has 0 radical (unpaired) electrons. The van der Waals surface area contributed by atoms with Gasteiger partial charge in [-0.1, -0.05) is 19.6 Å². The van der Waals surface area contributed by atoms with Crippen LogP contribution in [0.4, 0.5) is 0 Å². The van der Waals surface area contributed by atoms with E-state index in [2.05, 4.69) is 0 Å². The summed E-state index contributed by atoms with van der Waals surface area (Å²) in [6.07, 6.45) is 2.56. The lowest BCUT2D eigenvalue weighted by Gasteiger charge is -2.32. The minimum Gasteiger partial charge on any atom is -0.493 e. The molecule has 15 heteroatoms. The topological polar surface area (TPSA) is 131 Å². The predicted octanol–water partition coefficient (Wildman–Crippen LogP) is 7.45. The molecule has 0 atom stereocenters. The van der Waals surface area contributed by atoms with E-state index in [0.29, 0.717) is 65.8 Å². The molecule has 0 amide bonds. The van der Waals surface area contributed by atoms with Crippen molar-refractivity contribution in [2.24, 2.45) is 0 Å². The van der Waals surface area contributed by atoms with E-state index < -0.39 is 25.4 Å². The molecule has 320 valence electrons. The van der Waals surface area contributed by atoms with E-state index in [1.165, 1.54) is 12.8 Å². The Labute approximate surface area is 350 Å². The summed E-state index contributed by atoms with van der Waals surface area (Å²) in [4.78, 5) is 0. The quantitative estimate of drug-likeness (QED) is 0.0769. The van der Waals surface area contributed by atoms with Crippen molar-refractivity contribution in [3.63, 3.8) is 0 Å². The molecular weight excluding hydrogens is 758 g/mol. The summed E-state index contributed by atoms with van der Waals surface area (Å²) in [6.45, 7) is 13.6. The van der Waals surface area contributed by atoms with Gasteiger partial charge in [-0.15, -0.1) is 0 Å². The zero-order valence-electron chi connectivity index (χ0n) is 35.1. The fourth-order valence-corrected chi connectivity index (χ4v) is 6.08. The molecule has 3 aliphatic heterocycles. The first kappa shape index (κ1) is 47.2. The minimum atomic E-state index is -0.838. The molecule has 0 aromatic heterocycles. The van der Waals surface area contributed by atoms with Crippen LogP contribution in [0, 0.1) is 0 Å². The van der Waals surface area contributed by atoms with Gasteiger partial charge in [-0.3, -0.25) is 0 Å². The smallest absolute Gasteiger partial charge is 0.493 e. The maximum Gasteiger partial charge on any atom is 0.495 e. The highest BCUT2D eigenvalue weighted by Crippen LogP contribution is 2.38. The number of ether oxygens (including phenoxy) is 9. The Kier molecular flexibility index (Phi) is 17.8. The number of hydrogen-bond acceptors (Lipinski definition) is 13. The summed E-state index contributed by atoms with van der Waals surface area (Å²) in [5.41, 5.74) is 2.66. The van der Waals surface area contributed by atoms with Gasteiger partial charge < -0.3 is 61.6 Å². The number of hydrogen-bond donors (Lipinski definition) is 1. The van der Waals surface area contributed by atoms with E-state index in [4.69, 9.17) is 56.6 Å². The average molecular weight is 819 g/mol. The first-order valence-electron chi connectivity index (χ1n) is 19.4. The van der Waals surface area contributed by atoms with Gasteiger partial charge in [0, 0.05) is 32.0 Å². The molecular formula is C44H60B2O13. The Hall–Kier alpha value is -4.47. The molecule has 2 saturated heterocycles. The summed E-state index contributed by atoms with van der Waals surface area (Å²) in [5, 5.41) is 9.59. The molecule has 3 aliphatic rings. The molecule has 59 heavy (non-hydrogen) atoms. The van der Waals surface area contributed by atoms with Gasteiger partial charge in [0.2, 0.25) is 0 Å². The van der Waals surface area contributed by atoms with Gasteiger partial charge in [0.15, 0.2) is 23.0 Å². The summed E-state index contributed by atoms with van der Waals surface area (Å²) >= 11 is 0. The van der Waals surface area contributed by atoms with Crippen LogP contribution in [0.2, 0.25) is 0 Å². The second-order valence-corrected chi connectivity index (χ2v) is 14.5. The normalized spacial score (nSPS) is 15.8. The Balaban J connectivity index is 0.000000243. The van der Waals surface area contributed by atoms with Crippen LogP contribution in [0.25, 0.3) is 0 Å². The van der Waals surface area contributed by atoms with Crippen LogP contribution in [0.15, 0.2) is 72.8 Å². The van der Waals surface area contributed by atoms with Crippen molar-refractivity contribution in [3.8, 4) is 46.0 Å². The Morgan fingerprint density at radius 2 is 1.12 bits per heavy atom. The van der Waals surface area contributed by atoms with E-state index >= 15 is 0 Å². The number of methoxy groups -OCH3 is 4. The lowest BCUT2D eigenvalue weighted by Crippen LogP contribution is -2.41. The van der Waals surface area contributed by atoms with E-state index in [0.717, 1.165) is 35.3 Å². The summed E-state index contributed by atoms with van der Waals surface area (Å²) in [7, 11) is 5.02. The SMILES string of the molecule is C.C1CCOC1.CCOCOCc1cc(Oc2ccc(OC)c(OC)c2)ccc1B1OC(C)(C)C(C)(C)O1.COc1ccc(Oc2ccc3c(c2)COB3O)cc1OC. The molecule has 0 bridgehead atoms. The molecule has 4 aromatic rings. The number of rotatable bonds is 14. The van der Waals surface area contributed by atoms with Crippen molar-refractivity contribution in [2.45, 2.75) is 79.3 Å². The zero-order chi connectivity index (χ0) is 41.7. The van der Waals surface area contributed by atoms with Crippen molar-refractivity contribution in [3.05, 3.63) is 83.9 Å². The molecule has 1 N–H and O–H groups in total.